The molecule has 30 heavy (non-hydrogen) atoms. The summed E-state index contributed by atoms with van der Waals surface area (Å²) in [5.41, 5.74) is -0.420. The molecular formula is C18H24N4O8. The van der Waals surface area contributed by atoms with E-state index in [1.165, 1.54) is 24.3 Å². The van der Waals surface area contributed by atoms with Gasteiger partial charge in [0.2, 0.25) is 11.8 Å². The van der Waals surface area contributed by atoms with Crippen molar-refractivity contribution in [2.75, 3.05) is 13.1 Å². The SMILES string of the molecule is CC(C)(C)OC(=O)N[C@@H](Cc1ccc([N+](=O)[O-])cc1)C(=O)NCC(=O)NCC(=O)O. The molecule has 0 bridgehead atoms. The quantitative estimate of drug-likeness (QED) is 0.324. The first kappa shape index (κ1) is 24.3. The zero-order chi connectivity index (χ0) is 22.9. The molecule has 0 saturated carbocycles. The fourth-order valence-corrected chi connectivity index (χ4v) is 2.18. The van der Waals surface area contributed by atoms with Crippen molar-refractivity contribution >= 4 is 29.6 Å². The highest BCUT2D eigenvalue weighted by atomic mass is 16.6. The maximum absolute atomic E-state index is 12.5. The summed E-state index contributed by atoms with van der Waals surface area (Å²) in [5, 5.41) is 26.1. The third kappa shape index (κ3) is 9.48. The minimum atomic E-state index is -1.24. The lowest BCUT2D eigenvalue weighted by Gasteiger charge is -2.23. The maximum Gasteiger partial charge on any atom is 0.408 e. The Kier molecular flexibility index (Phi) is 8.71. The molecule has 12 nitrogen and oxygen atoms in total. The van der Waals surface area contributed by atoms with Crippen LogP contribution in [-0.2, 0) is 25.5 Å². The summed E-state index contributed by atoms with van der Waals surface area (Å²) >= 11 is 0. The Morgan fingerprint density at radius 2 is 1.70 bits per heavy atom. The van der Waals surface area contributed by atoms with E-state index >= 15 is 0 Å². The summed E-state index contributed by atoms with van der Waals surface area (Å²) in [6.45, 7) is 3.83. The summed E-state index contributed by atoms with van der Waals surface area (Å²) in [5.74, 6) is -2.68. The molecule has 0 aliphatic heterocycles. The highest BCUT2D eigenvalue weighted by Gasteiger charge is 2.25. The number of ether oxygens (including phenoxy) is 1. The first-order valence-electron chi connectivity index (χ1n) is 8.86. The van der Waals surface area contributed by atoms with Crippen LogP contribution in [0.3, 0.4) is 0 Å². The molecule has 0 radical (unpaired) electrons. The van der Waals surface area contributed by atoms with Crippen molar-refractivity contribution in [3.63, 3.8) is 0 Å². The molecule has 0 aliphatic carbocycles. The summed E-state index contributed by atoms with van der Waals surface area (Å²) < 4.78 is 5.13. The molecule has 0 aliphatic rings. The van der Waals surface area contributed by atoms with E-state index in [-0.39, 0.29) is 12.1 Å². The Labute approximate surface area is 172 Å². The molecule has 0 heterocycles. The second-order valence-corrected chi connectivity index (χ2v) is 7.21. The van der Waals surface area contributed by atoms with E-state index in [0.29, 0.717) is 5.56 Å². The van der Waals surface area contributed by atoms with Crippen LogP contribution in [0.25, 0.3) is 0 Å². The number of benzene rings is 1. The number of carboxylic acid groups (broad SMARTS) is 1. The van der Waals surface area contributed by atoms with Gasteiger partial charge in [-0.3, -0.25) is 24.5 Å². The summed E-state index contributed by atoms with van der Waals surface area (Å²) in [7, 11) is 0. The number of carbonyl (C=O) groups is 4. The topological polar surface area (TPSA) is 177 Å². The van der Waals surface area contributed by atoms with Gasteiger partial charge in [0, 0.05) is 18.6 Å². The van der Waals surface area contributed by atoms with Crippen LogP contribution in [0.5, 0.6) is 0 Å². The molecule has 1 atom stereocenters. The third-order valence-electron chi connectivity index (χ3n) is 3.45. The lowest BCUT2D eigenvalue weighted by atomic mass is 10.0. The van der Waals surface area contributed by atoms with Crippen molar-refractivity contribution in [2.24, 2.45) is 0 Å². The van der Waals surface area contributed by atoms with Gasteiger partial charge in [-0.1, -0.05) is 12.1 Å². The predicted octanol–water partition coefficient (Wildman–Crippen LogP) is 0.348. The molecule has 0 unspecified atom stereocenters. The van der Waals surface area contributed by atoms with E-state index in [4.69, 9.17) is 9.84 Å². The highest BCUT2D eigenvalue weighted by Crippen LogP contribution is 2.14. The van der Waals surface area contributed by atoms with Crippen LogP contribution in [0, 0.1) is 10.1 Å². The van der Waals surface area contributed by atoms with Crippen molar-refractivity contribution in [1.29, 1.82) is 0 Å². The first-order chi connectivity index (χ1) is 13.9. The lowest BCUT2D eigenvalue weighted by molar-refractivity contribution is -0.384. The molecular weight excluding hydrogens is 400 g/mol. The average Bonchev–Trinajstić information content (AvgIpc) is 2.62. The number of nitrogens with zero attached hydrogens (tertiary/aromatic N) is 1. The minimum absolute atomic E-state index is 0.0280. The van der Waals surface area contributed by atoms with Crippen LogP contribution in [0.4, 0.5) is 10.5 Å². The Hall–Kier alpha value is -3.70. The van der Waals surface area contributed by atoms with E-state index in [1.54, 1.807) is 20.8 Å². The number of non-ortho nitro benzene ring substituents is 1. The van der Waals surface area contributed by atoms with Gasteiger partial charge >= 0.3 is 12.1 Å². The number of rotatable bonds is 9. The maximum atomic E-state index is 12.5. The van der Waals surface area contributed by atoms with Gasteiger partial charge in [-0.2, -0.15) is 0 Å². The van der Waals surface area contributed by atoms with Crippen LogP contribution in [0.1, 0.15) is 26.3 Å². The van der Waals surface area contributed by atoms with Gasteiger partial charge in [-0.25, -0.2) is 4.79 Å². The Balaban J connectivity index is 2.84. The van der Waals surface area contributed by atoms with Gasteiger partial charge < -0.3 is 25.8 Å². The van der Waals surface area contributed by atoms with Crippen molar-refractivity contribution < 1.29 is 33.9 Å². The molecule has 1 aromatic rings. The molecule has 164 valence electrons. The molecule has 1 aromatic carbocycles. The molecule has 0 spiro atoms. The zero-order valence-electron chi connectivity index (χ0n) is 16.8. The third-order valence-corrected chi connectivity index (χ3v) is 3.45. The lowest BCUT2D eigenvalue weighted by Crippen LogP contribution is -2.51. The van der Waals surface area contributed by atoms with Crippen LogP contribution < -0.4 is 16.0 Å². The summed E-state index contributed by atoms with van der Waals surface area (Å²) in [4.78, 5) is 56.8. The van der Waals surface area contributed by atoms with Gasteiger partial charge in [-0.15, -0.1) is 0 Å². The number of nitrogens with one attached hydrogen (secondary N) is 3. The minimum Gasteiger partial charge on any atom is -0.480 e. The Morgan fingerprint density at radius 3 is 2.20 bits per heavy atom. The molecule has 0 saturated heterocycles. The zero-order valence-corrected chi connectivity index (χ0v) is 16.8. The van der Waals surface area contributed by atoms with E-state index in [2.05, 4.69) is 16.0 Å². The van der Waals surface area contributed by atoms with E-state index in [0.717, 1.165) is 0 Å². The second-order valence-electron chi connectivity index (χ2n) is 7.21. The molecule has 3 amide bonds. The normalized spacial score (nSPS) is 11.7. The number of alkyl carbamates (subject to hydrolysis) is 1. The Bertz CT molecular complexity index is 801. The van der Waals surface area contributed by atoms with Gasteiger partial charge in [0.1, 0.15) is 18.2 Å². The number of aliphatic carboxylic acids is 1. The molecule has 4 N–H and O–H groups in total. The predicted molar refractivity (Wildman–Crippen MR) is 104 cm³/mol. The summed E-state index contributed by atoms with van der Waals surface area (Å²) in [6.07, 6.45) is -0.889. The van der Waals surface area contributed by atoms with E-state index < -0.39 is 53.5 Å². The monoisotopic (exact) mass is 424 g/mol. The summed E-state index contributed by atoms with van der Waals surface area (Å²) in [6, 6.07) is 4.26. The van der Waals surface area contributed by atoms with Crippen LogP contribution in [0.2, 0.25) is 0 Å². The highest BCUT2D eigenvalue weighted by molar-refractivity contribution is 5.90. The number of hydrogen-bond acceptors (Lipinski definition) is 7. The number of nitro benzene ring substituents is 1. The number of nitro groups is 1. The largest absolute Gasteiger partial charge is 0.480 e. The van der Waals surface area contributed by atoms with Crippen molar-refractivity contribution in [1.82, 2.24) is 16.0 Å². The number of hydrogen-bond donors (Lipinski definition) is 4. The van der Waals surface area contributed by atoms with E-state index in [9.17, 15) is 29.3 Å². The van der Waals surface area contributed by atoms with Crippen LogP contribution >= 0.6 is 0 Å². The van der Waals surface area contributed by atoms with Crippen molar-refractivity contribution in [3.8, 4) is 0 Å². The fraction of sp³-hybridized carbons (Fsp3) is 0.444. The Morgan fingerprint density at radius 1 is 1.10 bits per heavy atom. The van der Waals surface area contributed by atoms with Gasteiger partial charge in [0.15, 0.2) is 0 Å². The van der Waals surface area contributed by atoms with Gasteiger partial charge in [0.05, 0.1) is 11.5 Å². The average molecular weight is 424 g/mol. The molecule has 0 aromatic heterocycles. The second kappa shape index (κ2) is 10.7. The molecule has 1 rings (SSSR count). The van der Waals surface area contributed by atoms with Crippen LogP contribution in [-0.4, -0.2) is 58.6 Å². The van der Waals surface area contributed by atoms with Gasteiger partial charge in [-0.05, 0) is 26.3 Å². The van der Waals surface area contributed by atoms with E-state index in [1.807, 2.05) is 0 Å². The number of amides is 3. The number of carboxylic acids is 1. The fourth-order valence-electron chi connectivity index (χ4n) is 2.18. The van der Waals surface area contributed by atoms with Crippen molar-refractivity contribution in [3.05, 3.63) is 39.9 Å². The molecule has 12 heteroatoms. The standard InChI is InChI=1S/C18H24N4O8/c1-18(2,3)30-17(27)21-13(8-11-4-6-12(7-5-11)22(28)29)16(26)20-9-14(23)19-10-15(24)25/h4-7,13H,8-10H2,1-3H3,(H,19,23)(H,20,26)(H,21,27)(H,24,25)/t13-/m0/s1. The smallest absolute Gasteiger partial charge is 0.408 e. The molecule has 0 fully saturated rings. The first-order valence-corrected chi connectivity index (χ1v) is 8.86. The van der Waals surface area contributed by atoms with Crippen LogP contribution in [0.15, 0.2) is 24.3 Å². The number of carbonyl (C=O) groups excluding carboxylic acids is 3. The van der Waals surface area contributed by atoms with Gasteiger partial charge in [0.25, 0.3) is 5.69 Å². The van der Waals surface area contributed by atoms with Crippen molar-refractivity contribution in [2.45, 2.75) is 38.8 Å².